The first-order valence-corrected chi connectivity index (χ1v) is 11.5. The Morgan fingerprint density at radius 3 is 2.83 bits per heavy atom. The molecule has 4 aromatic rings. The van der Waals surface area contributed by atoms with Crippen LogP contribution in [0.4, 0.5) is 20.7 Å². The zero-order chi connectivity index (χ0) is 25.2. The molecule has 1 saturated heterocycles. The van der Waals surface area contributed by atoms with Crippen molar-refractivity contribution in [2.24, 2.45) is 0 Å². The van der Waals surface area contributed by atoms with E-state index in [1.54, 1.807) is 31.3 Å². The van der Waals surface area contributed by atoms with Crippen molar-refractivity contribution in [3.8, 4) is 5.75 Å². The predicted octanol–water partition coefficient (Wildman–Crippen LogP) is 4.82. The molecule has 1 fully saturated rings. The summed E-state index contributed by atoms with van der Waals surface area (Å²) in [7, 11) is 0. The van der Waals surface area contributed by atoms with Crippen molar-refractivity contribution < 1.29 is 18.7 Å². The van der Waals surface area contributed by atoms with Gasteiger partial charge in [-0.3, -0.25) is 14.7 Å². The Bertz CT molecular complexity index is 1500. The molecular weight excluding hydrogens is 489 g/mol. The Balaban J connectivity index is 1.39. The van der Waals surface area contributed by atoms with Crippen molar-refractivity contribution >= 4 is 40.1 Å². The van der Waals surface area contributed by atoms with Crippen LogP contribution in [0.25, 0.3) is 10.9 Å². The first kappa shape index (κ1) is 23.6. The summed E-state index contributed by atoms with van der Waals surface area (Å²) >= 11 is 6.43. The first-order chi connectivity index (χ1) is 17.4. The van der Waals surface area contributed by atoms with Gasteiger partial charge in [0.15, 0.2) is 11.6 Å². The second-order valence-corrected chi connectivity index (χ2v) is 8.57. The number of benzene rings is 1. The van der Waals surface area contributed by atoms with Crippen LogP contribution < -0.4 is 20.5 Å². The number of H-pyrrole nitrogens is 1. The first-order valence-electron chi connectivity index (χ1n) is 11.1. The Morgan fingerprint density at radius 2 is 2.08 bits per heavy atom. The number of hydrogen-bond acceptors (Lipinski definition) is 7. The number of ether oxygens (including phenoxy) is 2. The molecule has 4 heterocycles. The molecule has 0 aliphatic carbocycles. The summed E-state index contributed by atoms with van der Waals surface area (Å²) < 4.78 is 25.8. The number of aromatic nitrogens is 3. The molecule has 1 amide bonds. The SMILES string of the molecule is C[C@H](Nc1nccc(N2CCOC2=O)c1F)c1cc2cc(Cl)c(OCc3ccccn3)cc2[nH]c1=O. The molecule has 11 heteroatoms. The molecule has 9 nitrogen and oxygen atoms in total. The second-order valence-electron chi connectivity index (χ2n) is 8.16. The molecule has 0 unspecified atom stereocenters. The van der Waals surface area contributed by atoms with Gasteiger partial charge < -0.3 is 19.8 Å². The number of aromatic amines is 1. The summed E-state index contributed by atoms with van der Waals surface area (Å²) in [5, 5.41) is 3.97. The highest BCUT2D eigenvalue weighted by molar-refractivity contribution is 6.32. The Morgan fingerprint density at radius 1 is 1.22 bits per heavy atom. The molecule has 2 N–H and O–H groups in total. The highest BCUT2D eigenvalue weighted by Gasteiger charge is 2.28. The topological polar surface area (TPSA) is 109 Å². The third-order valence-electron chi connectivity index (χ3n) is 5.77. The van der Waals surface area contributed by atoms with Gasteiger partial charge in [0.25, 0.3) is 5.56 Å². The summed E-state index contributed by atoms with van der Waals surface area (Å²) in [6.07, 6.45) is 2.44. The van der Waals surface area contributed by atoms with E-state index in [9.17, 15) is 9.59 Å². The molecule has 0 saturated carbocycles. The highest BCUT2D eigenvalue weighted by Crippen LogP contribution is 2.31. The molecule has 36 heavy (non-hydrogen) atoms. The van der Waals surface area contributed by atoms with Crippen LogP contribution in [0.1, 0.15) is 24.2 Å². The lowest BCUT2D eigenvalue weighted by molar-refractivity contribution is 0.181. The standard InChI is InChI=1S/C25H21ClFN5O4/c1-14(30-23-22(27)20(5-7-29-23)32-8-9-35-25(32)34)17-10-15-11-18(26)21(12-19(15)31-24(17)33)36-13-16-4-2-3-6-28-16/h2-7,10-12,14H,8-9,13H2,1H3,(H,29,30)(H,31,33)/t14-/m0/s1. The summed E-state index contributed by atoms with van der Waals surface area (Å²) in [6.45, 7) is 2.36. The van der Waals surface area contributed by atoms with Crippen LogP contribution in [0.15, 0.2) is 59.7 Å². The summed E-state index contributed by atoms with van der Waals surface area (Å²) in [5.74, 6) is -0.387. The molecule has 1 atom stereocenters. The van der Waals surface area contributed by atoms with Gasteiger partial charge in [-0.2, -0.15) is 0 Å². The van der Waals surface area contributed by atoms with E-state index in [0.717, 1.165) is 5.69 Å². The molecule has 0 radical (unpaired) electrons. The number of amides is 1. The van der Waals surface area contributed by atoms with Crippen molar-refractivity contribution in [2.75, 3.05) is 23.4 Å². The van der Waals surface area contributed by atoms with Crippen molar-refractivity contribution in [2.45, 2.75) is 19.6 Å². The van der Waals surface area contributed by atoms with Crippen LogP contribution in [0, 0.1) is 5.82 Å². The van der Waals surface area contributed by atoms with E-state index in [-0.39, 0.29) is 36.8 Å². The molecule has 5 rings (SSSR count). The molecule has 1 aliphatic rings. The fourth-order valence-corrected chi connectivity index (χ4v) is 4.16. The van der Waals surface area contributed by atoms with Crippen LogP contribution in [-0.4, -0.2) is 34.2 Å². The third kappa shape index (κ3) is 4.67. The number of nitrogens with one attached hydrogen (secondary N) is 2. The molecule has 3 aromatic heterocycles. The number of pyridine rings is 3. The molecule has 184 valence electrons. The fraction of sp³-hybridized carbons (Fsp3) is 0.200. The van der Waals surface area contributed by atoms with E-state index < -0.39 is 18.0 Å². The van der Waals surface area contributed by atoms with Gasteiger partial charge in [-0.25, -0.2) is 14.2 Å². The van der Waals surface area contributed by atoms with E-state index in [0.29, 0.717) is 27.2 Å². The van der Waals surface area contributed by atoms with Crippen molar-refractivity contribution in [1.82, 2.24) is 15.0 Å². The number of fused-ring (bicyclic) bond motifs is 1. The smallest absolute Gasteiger partial charge is 0.414 e. The van der Waals surface area contributed by atoms with Crippen LogP contribution in [0.5, 0.6) is 5.75 Å². The van der Waals surface area contributed by atoms with E-state index in [2.05, 4.69) is 20.3 Å². The van der Waals surface area contributed by atoms with Gasteiger partial charge in [-0.1, -0.05) is 17.7 Å². The second kappa shape index (κ2) is 9.82. The van der Waals surface area contributed by atoms with Crippen LogP contribution in [-0.2, 0) is 11.3 Å². The lowest BCUT2D eigenvalue weighted by Crippen LogP contribution is -2.25. The largest absolute Gasteiger partial charge is 0.486 e. The maximum atomic E-state index is 15.1. The number of halogens is 2. The highest BCUT2D eigenvalue weighted by atomic mass is 35.5. The van der Waals surface area contributed by atoms with Crippen molar-refractivity contribution in [3.63, 3.8) is 0 Å². The quantitative estimate of drug-likeness (QED) is 0.367. The normalized spacial score (nSPS) is 14.1. The van der Waals surface area contributed by atoms with Crippen LogP contribution in [0.3, 0.4) is 0 Å². The summed E-state index contributed by atoms with van der Waals surface area (Å²) in [5.41, 5.74) is 1.33. The van der Waals surface area contributed by atoms with Gasteiger partial charge in [0.05, 0.1) is 34.5 Å². The Labute approximate surface area is 209 Å². The van der Waals surface area contributed by atoms with Crippen molar-refractivity contribution in [3.05, 3.63) is 87.3 Å². The number of carbonyl (C=O) groups excluding carboxylic acids is 1. The number of anilines is 2. The van der Waals surface area contributed by atoms with Crippen LogP contribution in [0.2, 0.25) is 5.02 Å². The fourth-order valence-electron chi connectivity index (χ4n) is 3.93. The minimum Gasteiger partial charge on any atom is -0.486 e. The molecule has 1 aliphatic heterocycles. The van der Waals surface area contributed by atoms with Gasteiger partial charge in [0.1, 0.15) is 19.0 Å². The average molecular weight is 510 g/mol. The van der Waals surface area contributed by atoms with Crippen molar-refractivity contribution in [1.29, 1.82) is 0 Å². The molecular formula is C25H21ClFN5O4. The predicted molar refractivity (Wildman–Crippen MR) is 133 cm³/mol. The number of carbonyl (C=O) groups is 1. The van der Waals surface area contributed by atoms with Gasteiger partial charge in [-0.15, -0.1) is 0 Å². The third-order valence-corrected chi connectivity index (χ3v) is 6.06. The minimum absolute atomic E-state index is 0.0552. The molecule has 1 aromatic carbocycles. The Hall–Kier alpha value is -4.18. The van der Waals surface area contributed by atoms with Gasteiger partial charge >= 0.3 is 6.09 Å². The monoisotopic (exact) mass is 509 g/mol. The number of hydrogen-bond donors (Lipinski definition) is 2. The van der Waals surface area contributed by atoms with E-state index in [1.165, 1.54) is 17.2 Å². The Kier molecular flexibility index (Phi) is 6.43. The average Bonchev–Trinajstić information content (AvgIpc) is 3.30. The number of rotatable bonds is 7. The minimum atomic E-state index is -0.710. The van der Waals surface area contributed by atoms with Gasteiger partial charge in [0.2, 0.25) is 0 Å². The lowest BCUT2D eigenvalue weighted by atomic mass is 10.1. The zero-order valence-electron chi connectivity index (χ0n) is 19.1. The van der Waals surface area contributed by atoms with E-state index >= 15 is 4.39 Å². The van der Waals surface area contributed by atoms with E-state index in [4.69, 9.17) is 21.1 Å². The summed E-state index contributed by atoms with van der Waals surface area (Å²) in [6, 6.07) is 11.3. The maximum Gasteiger partial charge on any atom is 0.414 e. The molecule has 0 spiro atoms. The molecule has 0 bridgehead atoms. The summed E-state index contributed by atoms with van der Waals surface area (Å²) in [4.78, 5) is 37.0. The van der Waals surface area contributed by atoms with Gasteiger partial charge in [0, 0.05) is 29.4 Å². The van der Waals surface area contributed by atoms with E-state index in [1.807, 2.05) is 18.2 Å². The van der Waals surface area contributed by atoms with Crippen LogP contribution >= 0.6 is 11.6 Å². The maximum absolute atomic E-state index is 15.1. The number of nitrogens with zero attached hydrogens (tertiary/aromatic N) is 3. The van der Waals surface area contributed by atoms with Gasteiger partial charge in [-0.05, 0) is 37.3 Å². The zero-order valence-corrected chi connectivity index (χ0v) is 19.9. The number of cyclic esters (lactones) is 1. The lowest BCUT2D eigenvalue weighted by Gasteiger charge is -2.19.